The van der Waals surface area contributed by atoms with E-state index in [0.29, 0.717) is 5.92 Å². The first kappa shape index (κ1) is 10.1. The molecule has 0 aliphatic carbocycles. The zero-order valence-corrected chi connectivity index (χ0v) is 7.76. The van der Waals surface area contributed by atoms with E-state index in [1.165, 1.54) is 0 Å². The van der Waals surface area contributed by atoms with Crippen LogP contribution in [0.5, 0.6) is 0 Å². The number of hydrogen-bond acceptors (Lipinski definition) is 2. The molecule has 0 aromatic carbocycles. The van der Waals surface area contributed by atoms with Gasteiger partial charge < -0.3 is 0 Å². The second-order valence-corrected chi connectivity index (χ2v) is 2.94. The van der Waals surface area contributed by atoms with E-state index in [4.69, 9.17) is 0 Å². The highest BCUT2D eigenvalue weighted by Crippen LogP contribution is 2.09. The molecular formula is C9H16N2. The van der Waals surface area contributed by atoms with Crippen molar-refractivity contribution in [3.05, 3.63) is 11.9 Å². The van der Waals surface area contributed by atoms with Gasteiger partial charge in [0.1, 0.15) is 0 Å². The van der Waals surface area contributed by atoms with Gasteiger partial charge in [-0.2, -0.15) is 0 Å². The van der Waals surface area contributed by atoms with Crippen molar-refractivity contribution in [1.29, 1.82) is 0 Å². The Bertz CT molecular complexity index is 184. The minimum atomic E-state index is 0.399. The van der Waals surface area contributed by atoms with E-state index in [2.05, 4.69) is 30.5 Å². The fraction of sp³-hybridized carbons (Fsp3) is 0.556. The Morgan fingerprint density at radius 1 is 1.36 bits per heavy atom. The first-order chi connectivity index (χ1) is 5.07. The van der Waals surface area contributed by atoms with E-state index in [-0.39, 0.29) is 0 Å². The van der Waals surface area contributed by atoms with E-state index >= 15 is 0 Å². The van der Waals surface area contributed by atoms with Gasteiger partial charge in [0.05, 0.1) is 5.70 Å². The van der Waals surface area contributed by atoms with Gasteiger partial charge >= 0.3 is 0 Å². The van der Waals surface area contributed by atoms with Crippen LogP contribution in [0.1, 0.15) is 27.7 Å². The number of hydrogen-bond donors (Lipinski definition) is 0. The molecule has 0 aromatic rings. The van der Waals surface area contributed by atoms with Crippen molar-refractivity contribution in [1.82, 2.24) is 0 Å². The molecule has 0 atom stereocenters. The van der Waals surface area contributed by atoms with Gasteiger partial charge in [-0.1, -0.05) is 13.8 Å². The lowest BCUT2D eigenvalue weighted by Crippen LogP contribution is -1.89. The number of nitrogens with zero attached hydrogens (tertiary/aromatic N) is 2. The summed E-state index contributed by atoms with van der Waals surface area (Å²) in [6.45, 7) is 11.5. The Morgan fingerprint density at radius 2 is 1.91 bits per heavy atom. The molecule has 0 spiro atoms. The van der Waals surface area contributed by atoms with Crippen LogP contribution in [0.3, 0.4) is 0 Å². The minimum Gasteiger partial charge on any atom is -0.267 e. The predicted octanol–water partition coefficient (Wildman–Crippen LogP) is 2.67. The molecule has 0 amide bonds. The van der Waals surface area contributed by atoms with Gasteiger partial charge in [0.15, 0.2) is 0 Å². The number of aliphatic imine (C=N–C) groups is 2. The molecule has 0 rings (SSSR count). The van der Waals surface area contributed by atoms with E-state index in [9.17, 15) is 0 Å². The van der Waals surface area contributed by atoms with Crippen LogP contribution in [-0.2, 0) is 0 Å². The van der Waals surface area contributed by atoms with Gasteiger partial charge in [-0.25, -0.2) is 0 Å². The second kappa shape index (κ2) is 4.83. The molecule has 0 radical (unpaired) electrons. The summed E-state index contributed by atoms with van der Waals surface area (Å²) in [5, 5.41) is 0. The molecule has 0 aromatic heterocycles. The summed E-state index contributed by atoms with van der Waals surface area (Å²) >= 11 is 0. The second-order valence-electron chi connectivity index (χ2n) is 2.94. The summed E-state index contributed by atoms with van der Waals surface area (Å²) in [7, 11) is 0. The molecule has 0 fully saturated rings. The number of rotatable bonds is 3. The van der Waals surface area contributed by atoms with Crippen molar-refractivity contribution in [2.24, 2.45) is 15.9 Å². The standard InChI is InChI=1S/C9H16N2/c1-7(2)9(10-5)6-11-8(3)4/h6-7H,5H2,1-4H3/b9-6-. The highest BCUT2D eigenvalue weighted by atomic mass is 14.8. The molecule has 0 N–H and O–H groups in total. The third kappa shape index (κ3) is 4.48. The predicted molar refractivity (Wildman–Crippen MR) is 51.3 cm³/mol. The molecule has 2 heteroatoms. The van der Waals surface area contributed by atoms with Crippen LogP contribution in [0, 0.1) is 5.92 Å². The van der Waals surface area contributed by atoms with Crippen LogP contribution in [-0.4, -0.2) is 12.4 Å². The van der Waals surface area contributed by atoms with Crippen LogP contribution >= 0.6 is 0 Å². The van der Waals surface area contributed by atoms with Gasteiger partial charge in [-0.05, 0) is 26.5 Å². The fourth-order valence-electron chi connectivity index (χ4n) is 0.568. The lowest BCUT2D eigenvalue weighted by Gasteiger charge is -2.01. The average Bonchev–Trinajstić information content (AvgIpc) is 1.87. The van der Waals surface area contributed by atoms with Crippen molar-refractivity contribution >= 4 is 12.4 Å². The molecule has 0 bridgehead atoms. The molecular weight excluding hydrogens is 136 g/mol. The van der Waals surface area contributed by atoms with Crippen LogP contribution in [0.25, 0.3) is 0 Å². The molecule has 0 saturated carbocycles. The van der Waals surface area contributed by atoms with Crippen molar-refractivity contribution in [2.75, 3.05) is 0 Å². The molecule has 0 saturated heterocycles. The van der Waals surface area contributed by atoms with Gasteiger partial charge in [-0.15, -0.1) is 0 Å². The molecule has 11 heavy (non-hydrogen) atoms. The Balaban J connectivity index is 4.36. The summed E-state index contributed by atoms with van der Waals surface area (Å²) < 4.78 is 0. The van der Waals surface area contributed by atoms with Crippen LogP contribution in [0.4, 0.5) is 0 Å². The van der Waals surface area contributed by atoms with E-state index in [0.717, 1.165) is 11.4 Å². The summed E-state index contributed by atoms with van der Waals surface area (Å²) in [6, 6.07) is 0. The third-order valence-electron chi connectivity index (χ3n) is 1.23. The largest absolute Gasteiger partial charge is 0.267 e. The van der Waals surface area contributed by atoms with Gasteiger partial charge in [-0.3, -0.25) is 9.98 Å². The maximum absolute atomic E-state index is 4.14. The summed E-state index contributed by atoms with van der Waals surface area (Å²) in [5.74, 6) is 0.399. The van der Waals surface area contributed by atoms with E-state index < -0.39 is 0 Å². The quantitative estimate of drug-likeness (QED) is 0.555. The molecule has 0 unspecified atom stereocenters. The van der Waals surface area contributed by atoms with Crippen molar-refractivity contribution in [2.45, 2.75) is 27.7 Å². The minimum absolute atomic E-state index is 0.399. The molecule has 0 aliphatic rings. The SMILES string of the molecule is C=N/C(=C\N=C(C)C)C(C)C. The van der Waals surface area contributed by atoms with Crippen molar-refractivity contribution < 1.29 is 0 Å². The molecule has 2 nitrogen and oxygen atoms in total. The lowest BCUT2D eigenvalue weighted by atomic mass is 10.1. The fourth-order valence-corrected chi connectivity index (χ4v) is 0.568. The highest BCUT2D eigenvalue weighted by molar-refractivity contribution is 5.79. The van der Waals surface area contributed by atoms with Crippen LogP contribution in [0.15, 0.2) is 21.9 Å². The zero-order chi connectivity index (χ0) is 8.85. The highest BCUT2D eigenvalue weighted by Gasteiger charge is 1.97. The lowest BCUT2D eigenvalue weighted by molar-refractivity contribution is 0.756. The Morgan fingerprint density at radius 3 is 2.18 bits per heavy atom. The third-order valence-corrected chi connectivity index (χ3v) is 1.23. The van der Waals surface area contributed by atoms with Crippen LogP contribution < -0.4 is 0 Å². The van der Waals surface area contributed by atoms with E-state index in [1.54, 1.807) is 6.20 Å². The zero-order valence-electron chi connectivity index (χ0n) is 7.76. The van der Waals surface area contributed by atoms with Crippen molar-refractivity contribution in [3.63, 3.8) is 0 Å². The van der Waals surface area contributed by atoms with Crippen molar-refractivity contribution in [3.8, 4) is 0 Å². The first-order valence-corrected chi connectivity index (χ1v) is 3.75. The Kier molecular flexibility index (Phi) is 4.42. The van der Waals surface area contributed by atoms with E-state index in [1.807, 2.05) is 13.8 Å². The van der Waals surface area contributed by atoms with Gasteiger partial charge in [0.2, 0.25) is 0 Å². The van der Waals surface area contributed by atoms with Gasteiger partial charge in [0.25, 0.3) is 0 Å². The maximum Gasteiger partial charge on any atom is 0.0604 e. The summed E-state index contributed by atoms with van der Waals surface area (Å²) in [4.78, 5) is 8.00. The Labute approximate surface area is 68.8 Å². The Hall–Kier alpha value is -0.920. The first-order valence-electron chi connectivity index (χ1n) is 3.75. The topological polar surface area (TPSA) is 24.7 Å². The normalized spacial score (nSPS) is 11.5. The maximum atomic E-state index is 4.14. The van der Waals surface area contributed by atoms with Gasteiger partial charge in [0, 0.05) is 11.9 Å². The summed E-state index contributed by atoms with van der Waals surface area (Å²) in [5.41, 5.74) is 1.97. The summed E-state index contributed by atoms with van der Waals surface area (Å²) in [6.07, 6.45) is 1.77. The average molecular weight is 152 g/mol. The van der Waals surface area contributed by atoms with Crippen LogP contribution in [0.2, 0.25) is 0 Å². The molecule has 0 aliphatic heterocycles. The smallest absolute Gasteiger partial charge is 0.0604 e. The monoisotopic (exact) mass is 152 g/mol. The molecule has 0 heterocycles. The molecule has 62 valence electrons. The number of allylic oxidation sites excluding steroid dienone is 1.